The smallest absolute Gasteiger partial charge is 0.274 e. The van der Waals surface area contributed by atoms with Crippen molar-refractivity contribution >= 4 is 23.7 Å². The van der Waals surface area contributed by atoms with Gasteiger partial charge in [-0.2, -0.15) is 4.33 Å². The Bertz CT molecular complexity index is 760. The van der Waals surface area contributed by atoms with Gasteiger partial charge in [0.2, 0.25) is 0 Å². The summed E-state index contributed by atoms with van der Waals surface area (Å²) in [5.74, 6) is -0.381. The highest BCUT2D eigenvalue weighted by Gasteiger charge is 2.24. The Morgan fingerprint density at radius 1 is 1.37 bits per heavy atom. The average molecular weight is 436 g/mol. The Hall–Kier alpha value is -2.33. The molecule has 0 radical (unpaired) electrons. The van der Waals surface area contributed by atoms with E-state index < -0.39 is 6.10 Å². The van der Waals surface area contributed by atoms with E-state index in [2.05, 4.69) is 15.8 Å². The van der Waals surface area contributed by atoms with Crippen LogP contribution < -0.4 is 10.6 Å². The van der Waals surface area contributed by atoms with Crippen molar-refractivity contribution in [2.45, 2.75) is 43.8 Å². The molecule has 8 nitrogen and oxygen atoms in total. The van der Waals surface area contributed by atoms with Gasteiger partial charge in [0.1, 0.15) is 6.10 Å². The number of carbonyl (C=O) groups is 1. The number of allylic oxidation sites excluding steroid dienone is 2. The standard InChI is InChI=1S/C21H29N3O5S/c1-15(13-22-3)5-4-12-23-21(26)20(24-27-16(2)14-25)17-6-10-19(11-7-17)30-29-28-18-8-9-18/h4-7,10-11,13,16,18,22,25H,8-9,12,14H2,1-3H3,(H,23,26)/b5-4-,15-13-,24-20+/t16-/m1/s1. The summed E-state index contributed by atoms with van der Waals surface area (Å²) in [7, 11) is 1.82. The lowest BCUT2D eigenvalue weighted by Gasteiger charge is -2.10. The minimum atomic E-state index is -0.523. The maximum Gasteiger partial charge on any atom is 0.274 e. The van der Waals surface area contributed by atoms with E-state index in [0.29, 0.717) is 12.1 Å². The molecule has 1 aliphatic rings. The fourth-order valence-corrected chi connectivity index (χ4v) is 2.58. The van der Waals surface area contributed by atoms with Crippen molar-refractivity contribution < 1.29 is 24.0 Å². The van der Waals surface area contributed by atoms with Gasteiger partial charge in [0.05, 0.1) is 24.8 Å². The van der Waals surface area contributed by atoms with Gasteiger partial charge in [-0.25, -0.2) is 4.89 Å². The van der Waals surface area contributed by atoms with Crippen LogP contribution in [0.2, 0.25) is 0 Å². The molecule has 0 heterocycles. The summed E-state index contributed by atoms with van der Waals surface area (Å²) >= 11 is 1.12. The van der Waals surface area contributed by atoms with Crippen molar-refractivity contribution in [3.05, 3.63) is 53.8 Å². The zero-order chi connectivity index (χ0) is 21.8. The predicted octanol–water partition coefficient (Wildman–Crippen LogP) is 2.70. The molecule has 3 N–H and O–H groups in total. The number of oxime groups is 1. The number of amides is 1. The van der Waals surface area contributed by atoms with E-state index >= 15 is 0 Å². The number of nitrogens with zero attached hydrogens (tertiary/aromatic N) is 1. The van der Waals surface area contributed by atoms with Crippen LogP contribution in [0.25, 0.3) is 0 Å². The summed E-state index contributed by atoms with van der Waals surface area (Å²) in [6, 6.07) is 7.12. The van der Waals surface area contributed by atoms with Crippen LogP contribution in [0.5, 0.6) is 0 Å². The number of rotatable bonds is 13. The van der Waals surface area contributed by atoms with Crippen molar-refractivity contribution in [2.24, 2.45) is 5.16 Å². The third-order valence-corrected chi connectivity index (χ3v) is 4.50. The molecular formula is C21H29N3O5S. The molecule has 1 fully saturated rings. The van der Waals surface area contributed by atoms with Gasteiger partial charge in [-0.1, -0.05) is 29.4 Å². The van der Waals surface area contributed by atoms with E-state index in [0.717, 1.165) is 35.4 Å². The quantitative estimate of drug-likeness (QED) is 0.144. The van der Waals surface area contributed by atoms with Crippen molar-refractivity contribution in [1.29, 1.82) is 0 Å². The van der Waals surface area contributed by atoms with Crippen molar-refractivity contribution in [2.75, 3.05) is 20.2 Å². The van der Waals surface area contributed by atoms with Crippen LogP contribution in [0.4, 0.5) is 0 Å². The van der Waals surface area contributed by atoms with Gasteiger partial charge in [0, 0.05) is 24.1 Å². The number of carbonyl (C=O) groups excluding carboxylic acids is 1. The second-order valence-corrected chi connectivity index (χ2v) is 7.57. The molecule has 0 aliphatic heterocycles. The summed E-state index contributed by atoms with van der Waals surface area (Å²) in [6.07, 6.45) is 7.33. The molecule has 1 aromatic rings. The molecule has 30 heavy (non-hydrogen) atoms. The molecule has 164 valence electrons. The summed E-state index contributed by atoms with van der Waals surface area (Å²) in [5.41, 5.74) is 1.74. The van der Waals surface area contributed by atoms with Crippen LogP contribution in [0, 0.1) is 0 Å². The Morgan fingerprint density at radius 2 is 2.10 bits per heavy atom. The van der Waals surface area contributed by atoms with E-state index in [1.165, 1.54) is 0 Å². The molecule has 0 unspecified atom stereocenters. The fraction of sp³-hybridized carbons (Fsp3) is 0.429. The number of benzene rings is 1. The van der Waals surface area contributed by atoms with Gasteiger partial charge in [0.15, 0.2) is 5.71 Å². The van der Waals surface area contributed by atoms with Crippen LogP contribution in [-0.4, -0.2) is 49.1 Å². The van der Waals surface area contributed by atoms with Crippen LogP contribution in [0.3, 0.4) is 0 Å². The Kier molecular flexibility index (Phi) is 10.4. The first-order chi connectivity index (χ1) is 14.5. The van der Waals surface area contributed by atoms with Crippen LogP contribution >= 0.6 is 12.0 Å². The zero-order valence-corrected chi connectivity index (χ0v) is 18.3. The summed E-state index contributed by atoms with van der Waals surface area (Å²) in [4.78, 5) is 23.9. The SMILES string of the molecule is CN/C=C(C)\C=C/CNC(=O)/C(=N/O[C@H](C)CO)c1ccc(SOOC2CC2)cc1. The maximum atomic E-state index is 12.7. The lowest BCUT2D eigenvalue weighted by atomic mass is 10.1. The van der Waals surface area contributed by atoms with Crippen LogP contribution in [0.15, 0.2) is 58.2 Å². The fourth-order valence-electron chi connectivity index (χ4n) is 2.10. The highest BCUT2D eigenvalue weighted by Crippen LogP contribution is 2.28. The van der Waals surface area contributed by atoms with E-state index in [4.69, 9.17) is 19.2 Å². The number of aliphatic hydroxyl groups is 1. The third kappa shape index (κ3) is 9.00. The number of hydrogen-bond acceptors (Lipinski definition) is 8. The van der Waals surface area contributed by atoms with Crippen LogP contribution in [0.1, 0.15) is 32.3 Å². The maximum absolute atomic E-state index is 12.7. The number of nitrogens with one attached hydrogen (secondary N) is 2. The van der Waals surface area contributed by atoms with Crippen molar-refractivity contribution in [3.63, 3.8) is 0 Å². The first-order valence-electron chi connectivity index (χ1n) is 9.77. The van der Waals surface area contributed by atoms with Gasteiger partial charge >= 0.3 is 0 Å². The molecule has 0 aromatic heterocycles. The highest BCUT2D eigenvalue weighted by atomic mass is 32.2. The zero-order valence-electron chi connectivity index (χ0n) is 17.5. The third-order valence-electron chi connectivity index (χ3n) is 3.89. The lowest BCUT2D eigenvalue weighted by Crippen LogP contribution is -2.32. The molecular weight excluding hydrogens is 406 g/mol. The Balaban J connectivity index is 2.00. The van der Waals surface area contributed by atoms with E-state index in [-0.39, 0.29) is 24.3 Å². The molecule has 0 bridgehead atoms. The Morgan fingerprint density at radius 3 is 2.73 bits per heavy atom. The molecule has 1 aromatic carbocycles. The number of hydrogen-bond donors (Lipinski definition) is 3. The van der Waals surface area contributed by atoms with Gasteiger partial charge in [-0.05, 0) is 50.6 Å². The predicted molar refractivity (Wildman–Crippen MR) is 117 cm³/mol. The molecule has 9 heteroatoms. The molecule has 1 amide bonds. The first-order valence-corrected chi connectivity index (χ1v) is 10.5. The molecule has 0 spiro atoms. The molecule has 1 aliphatic carbocycles. The molecule has 1 atom stereocenters. The minimum absolute atomic E-state index is 0.123. The topological polar surface area (TPSA) is 101 Å². The Labute approximate surface area is 181 Å². The van der Waals surface area contributed by atoms with E-state index in [1.807, 2.05) is 32.3 Å². The molecule has 1 saturated carbocycles. The molecule has 0 saturated heterocycles. The van der Waals surface area contributed by atoms with Crippen LogP contribution in [-0.2, 0) is 18.9 Å². The summed E-state index contributed by atoms with van der Waals surface area (Å²) in [5, 5.41) is 18.8. The highest BCUT2D eigenvalue weighted by molar-refractivity contribution is 7.94. The van der Waals surface area contributed by atoms with Gasteiger partial charge in [0.25, 0.3) is 5.91 Å². The summed E-state index contributed by atoms with van der Waals surface area (Å²) in [6.45, 7) is 3.75. The first kappa shape index (κ1) is 23.9. The van der Waals surface area contributed by atoms with Gasteiger partial charge in [-0.15, -0.1) is 0 Å². The second kappa shape index (κ2) is 13.1. The lowest BCUT2D eigenvalue weighted by molar-refractivity contribution is -0.201. The number of aliphatic hydroxyl groups excluding tert-OH is 1. The van der Waals surface area contributed by atoms with Gasteiger partial charge in [-0.3, -0.25) is 4.79 Å². The molecule has 2 rings (SSSR count). The minimum Gasteiger partial charge on any atom is -0.394 e. The summed E-state index contributed by atoms with van der Waals surface area (Å²) < 4.78 is 5.13. The second-order valence-electron chi connectivity index (χ2n) is 6.80. The van der Waals surface area contributed by atoms with Crippen molar-refractivity contribution in [3.8, 4) is 0 Å². The monoisotopic (exact) mass is 435 g/mol. The largest absolute Gasteiger partial charge is 0.394 e. The normalized spacial score (nSPS) is 15.9. The average Bonchev–Trinajstić information content (AvgIpc) is 3.57. The van der Waals surface area contributed by atoms with E-state index in [9.17, 15) is 4.79 Å². The van der Waals surface area contributed by atoms with Crippen molar-refractivity contribution in [1.82, 2.24) is 10.6 Å². The van der Waals surface area contributed by atoms with E-state index in [1.54, 1.807) is 31.2 Å². The van der Waals surface area contributed by atoms with Gasteiger partial charge < -0.3 is 20.6 Å².